The van der Waals surface area contributed by atoms with E-state index < -0.39 is 17.1 Å². The maximum atomic E-state index is 11.7. The quantitative estimate of drug-likeness (QED) is 0.691. The SMILES string of the molecule is O=C(O)/C=C/c1cc(=O)c2c(O)cc(O)cc2o1. The molecule has 1 aromatic heterocycles. The number of phenolic OH excluding ortho intramolecular Hbond substituents is 2. The van der Waals surface area contributed by atoms with Gasteiger partial charge in [-0.2, -0.15) is 0 Å². The van der Waals surface area contributed by atoms with Crippen molar-refractivity contribution in [3.8, 4) is 11.5 Å². The highest BCUT2D eigenvalue weighted by atomic mass is 16.4. The van der Waals surface area contributed by atoms with E-state index in [0.717, 1.165) is 30.4 Å². The van der Waals surface area contributed by atoms with Crippen LogP contribution in [0.25, 0.3) is 17.0 Å². The zero-order chi connectivity index (χ0) is 13.3. The number of hydrogen-bond acceptors (Lipinski definition) is 5. The molecule has 0 aliphatic carbocycles. The van der Waals surface area contributed by atoms with Gasteiger partial charge in [0.2, 0.25) is 0 Å². The number of carboxylic acids is 1. The lowest BCUT2D eigenvalue weighted by atomic mass is 10.2. The zero-order valence-electron chi connectivity index (χ0n) is 8.95. The molecule has 2 rings (SSSR count). The second kappa shape index (κ2) is 4.25. The highest BCUT2D eigenvalue weighted by molar-refractivity contribution is 5.87. The molecule has 6 heteroatoms. The first-order chi connectivity index (χ1) is 8.47. The van der Waals surface area contributed by atoms with Gasteiger partial charge in [0.25, 0.3) is 0 Å². The van der Waals surface area contributed by atoms with E-state index in [2.05, 4.69) is 0 Å². The van der Waals surface area contributed by atoms with E-state index in [-0.39, 0.29) is 22.5 Å². The van der Waals surface area contributed by atoms with Crippen LogP contribution in [0.15, 0.2) is 33.5 Å². The van der Waals surface area contributed by atoms with Gasteiger partial charge in [-0.25, -0.2) is 4.79 Å². The van der Waals surface area contributed by atoms with Crippen molar-refractivity contribution in [3.63, 3.8) is 0 Å². The second-order valence-corrected chi connectivity index (χ2v) is 3.52. The Kier molecular flexibility index (Phi) is 2.77. The van der Waals surface area contributed by atoms with Crippen LogP contribution in [0.2, 0.25) is 0 Å². The van der Waals surface area contributed by atoms with Crippen LogP contribution in [0, 0.1) is 0 Å². The Morgan fingerprint density at radius 2 is 1.94 bits per heavy atom. The smallest absolute Gasteiger partial charge is 0.328 e. The average molecular weight is 248 g/mol. The fraction of sp³-hybridized carbons (Fsp3) is 0. The van der Waals surface area contributed by atoms with E-state index in [9.17, 15) is 19.8 Å². The monoisotopic (exact) mass is 248 g/mol. The maximum absolute atomic E-state index is 11.7. The number of aromatic hydroxyl groups is 2. The molecule has 18 heavy (non-hydrogen) atoms. The molecule has 6 nitrogen and oxygen atoms in total. The highest BCUT2D eigenvalue weighted by Crippen LogP contribution is 2.27. The minimum Gasteiger partial charge on any atom is -0.508 e. The van der Waals surface area contributed by atoms with E-state index in [1.54, 1.807) is 0 Å². The standard InChI is InChI=1S/C12H8O6/c13-6-3-8(14)12-9(15)5-7(1-2-11(16)17)18-10(12)4-6/h1-5,13-14H,(H,16,17)/b2-1+. The fourth-order valence-corrected chi connectivity index (χ4v) is 1.51. The minimum absolute atomic E-state index is 0.0138. The summed E-state index contributed by atoms with van der Waals surface area (Å²) in [6, 6.07) is 3.24. The number of fused-ring (bicyclic) bond motifs is 1. The summed E-state index contributed by atoms with van der Waals surface area (Å²) in [5, 5.41) is 27.2. The van der Waals surface area contributed by atoms with Crippen LogP contribution in [-0.2, 0) is 4.79 Å². The van der Waals surface area contributed by atoms with Gasteiger partial charge >= 0.3 is 5.97 Å². The third-order valence-corrected chi connectivity index (χ3v) is 2.20. The van der Waals surface area contributed by atoms with E-state index in [4.69, 9.17) is 9.52 Å². The number of carbonyl (C=O) groups is 1. The van der Waals surface area contributed by atoms with Crippen LogP contribution in [0.1, 0.15) is 5.76 Å². The van der Waals surface area contributed by atoms with Crippen LogP contribution in [-0.4, -0.2) is 21.3 Å². The first-order valence-corrected chi connectivity index (χ1v) is 4.88. The summed E-state index contributed by atoms with van der Waals surface area (Å²) in [7, 11) is 0. The number of aliphatic carboxylic acids is 1. The number of phenols is 2. The summed E-state index contributed by atoms with van der Waals surface area (Å²) < 4.78 is 5.18. The molecular formula is C12H8O6. The minimum atomic E-state index is -1.18. The molecule has 0 amide bonds. The van der Waals surface area contributed by atoms with Crippen molar-refractivity contribution in [2.75, 3.05) is 0 Å². The summed E-state index contributed by atoms with van der Waals surface area (Å²) in [5.41, 5.74) is -0.552. The molecule has 0 spiro atoms. The van der Waals surface area contributed by atoms with Gasteiger partial charge in [0.05, 0.1) is 0 Å². The van der Waals surface area contributed by atoms with E-state index in [0.29, 0.717) is 0 Å². The largest absolute Gasteiger partial charge is 0.508 e. The Morgan fingerprint density at radius 3 is 2.61 bits per heavy atom. The molecule has 92 valence electrons. The van der Waals surface area contributed by atoms with Crippen LogP contribution in [0.5, 0.6) is 11.5 Å². The number of carboxylic acid groups (broad SMARTS) is 1. The van der Waals surface area contributed by atoms with E-state index in [1.165, 1.54) is 0 Å². The van der Waals surface area contributed by atoms with Gasteiger partial charge < -0.3 is 19.7 Å². The van der Waals surface area contributed by atoms with Crippen molar-refractivity contribution in [1.82, 2.24) is 0 Å². The molecular weight excluding hydrogens is 240 g/mol. The summed E-state index contributed by atoms with van der Waals surface area (Å²) in [6.45, 7) is 0. The van der Waals surface area contributed by atoms with Crippen molar-refractivity contribution in [3.05, 3.63) is 40.3 Å². The highest BCUT2D eigenvalue weighted by Gasteiger charge is 2.09. The van der Waals surface area contributed by atoms with Crippen molar-refractivity contribution in [1.29, 1.82) is 0 Å². The lowest BCUT2D eigenvalue weighted by Gasteiger charge is -2.02. The summed E-state index contributed by atoms with van der Waals surface area (Å²) >= 11 is 0. The molecule has 2 aromatic rings. The number of hydrogen-bond donors (Lipinski definition) is 3. The van der Waals surface area contributed by atoms with Crippen LogP contribution < -0.4 is 5.43 Å². The predicted octanol–water partition coefficient (Wildman–Crippen LogP) is 1.30. The molecule has 0 fully saturated rings. The lowest BCUT2D eigenvalue weighted by molar-refractivity contribution is -0.131. The number of rotatable bonds is 2. The molecule has 0 radical (unpaired) electrons. The Balaban J connectivity index is 2.69. The van der Waals surface area contributed by atoms with Crippen LogP contribution in [0.3, 0.4) is 0 Å². The fourth-order valence-electron chi connectivity index (χ4n) is 1.51. The first kappa shape index (κ1) is 11.7. The van der Waals surface area contributed by atoms with Gasteiger partial charge in [0.1, 0.15) is 28.2 Å². The van der Waals surface area contributed by atoms with Crippen molar-refractivity contribution >= 4 is 23.0 Å². The molecule has 0 bridgehead atoms. The lowest BCUT2D eigenvalue weighted by Crippen LogP contribution is -2.00. The number of benzene rings is 1. The summed E-state index contributed by atoms with van der Waals surface area (Å²) in [6.07, 6.45) is 1.91. The molecule has 0 aliphatic heterocycles. The Morgan fingerprint density at radius 1 is 1.22 bits per heavy atom. The molecule has 1 heterocycles. The first-order valence-electron chi connectivity index (χ1n) is 4.88. The molecule has 0 unspecified atom stereocenters. The van der Waals surface area contributed by atoms with Crippen molar-refractivity contribution in [2.24, 2.45) is 0 Å². The summed E-state index contributed by atoms with van der Waals surface area (Å²) in [5.74, 6) is -1.83. The Labute approximate surface area is 100 Å². The van der Waals surface area contributed by atoms with Gasteiger partial charge in [-0.3, -0.25) is 4.79 Å². The predicted molar refractivity (Wildman–Crippen MR) is 62.5 cm³/mol. The molecule has 0 saturated carbocycles. The maximum Gasteiger partial charge on any atom is 0.328 e. The zero-order valence-corrected chi connectivity index (χ0v) is 8.95. The average Bonchev–Trinajstić information content (AvgIpc) is 2.24. The molecule has 1 aromatic carbocycles. The molecule has 0 atom stereocenters. The van der Waals surface area contributed by atoms with E-state index >= 15 is 0 Å². The Bertz CT molecular complexity index is 710. The molecule has 0 aliphatic rings. The normalized spacial score (nSPS) is 11.1. The van der Waals surface area contributed by atoms with Gasteiger partial charge in [-0.15, -0.1) is 0 Å². The van der Waals surface area contributed by atoms with Crippen molar-refractivity contribution < 1.29 is 24.5 Å². The molecule has 3 N–H and O–H groups in total. The van der Waals surface area contributed by atoms with E-state index in [1.807, 2.05) is 0 Å². The topological polar surface area (TPSA) is 108 Å². The van der Waals surface area contributed by atoms with Crippen molar-refractivity contribution in [2.45, 2.75) is 0 Å². The third kappa shape index (κ3) is 2.17. The van der Waals surface area contributed by atoms with Crippen LogP contribution in [0.4, 0.5) is 0 Å². The van der Waals surface area contributed by atoms with Gasteiger partial charge in [0, 0.05) is 24.3 Å². The summed E-state index contributed by atoms with van der Waals surface area (Å²) in [4.78, 5) is 22.0. The van der Waals surface area contributed by atoms with Gasteiger partial charge in [-0.05, 0) is 6.08 Å². The molecule has 0 saturated heterocycles. The van der Waals surface area contributed by atoms with Gasteiger partial charge in [0.15, 0.2) is 5.43 Å². The van der Waals surface area contributed by atoms with Gasteiger partial charge in [-0.1, -0.05) is 0 Å². The van der Waals surface area contributed by atoms with Crippen LogP contribution >= 0.6 is 0 Å². The second-order valence-electron chi connectivity index (χ2n) is 3.52. The Hall–Kier alpha value is -2.76. The third-order valence-electron chi connectivity index (χ3n) is 2.20.